The minimum absolute atomic E-state index is 0.310. The molecule has 0 saturated carbocycles. The zero-order valence-electron chi connectivity index (χ0n) is 10.7. The average molecular weight is 249 g/mol. The molecule has 1 aromatic heterocycles. The second-order valence-corrected chi connectivity index (χ2v) is 4.91. The first-order chi connectivity index (χ1) is 8.37. The van der Waals surface area contributed by atoms with Gasteiger partial charge in [-0.25, -0.2) is 4.39 Å². The summed E-state index contributed by atoms with van der Waals surface area (Å²) in [5, 5.41) is 10.0. The number of carbonyl (C=O) groups is 1. The van der Waals surface area contributed by atoms with E-state index >= 15 is 0 Å². The number of carboxylic acids is 1. The van der Waals surface area contributed by atoms with Gasteiger partial charge < -0.3 is 9.67 Å². The molecule has 2 aromatic rings. The molecule has 4 heteroatoms. The van der Waals surface area contributed by atoms with Crippen LogP contribution < -0.4 is 0 Å². The first-order valence-electron chi connectivity index (χ1n) is 5.90. The van der Waals surface area contributed by atoms with E-state index in [0.29, 0.717) is 12.2 Å². The summed E-state index contributed by atoms with van der Waals surface area (Å²) in [6.07, 6.45) is 0. The molecule has 1 aromatic carbocycles. The molecular weight excluding hydrogens is 233 g/mol. The minimum atomic E-state index is -0.995. The van der Waals surface area contributed by atoms with E-state index in [1.165, 1.54) is 12.1 Å². The number of rotatable bonds is 3. The molecule has 1 N–H and O–H groups in total. The van der Waals surface area contributed by atoms with Crippen molar-refractivity contribution in [3.63, 3.8) is 0 Å². The molecule has 0 fully saturated rings. The molecule has 0 radical (unpaired) electrons. The van der Waals surface area contributed by atoms with Gasteiger partial charge in [-0.3, -0.25) is 4.79 Å². The van der Waals surface area contributed by atoms with Gasteiger partial charge in [-0.15, -0.1) is 0 Å². The maximum absolute atomic E-state index is 13.2. The van der Waals surface area contributed by atoms with E-state index in [0.717, 1.165) is 10.9 Å². The minimum Gasteiger partial charge on any atom is -0.481 e. The summed E-state index contributed by atoms with van der Waals surface area (Å²) in [5.41, 5.74) is 0.562. The van der Waals surface area contributed by atoms with Crippen LogP contribution in [0.15, 0.2) is 24.3 Å². The summed E-state index contributed by atoms with van der Waals surface area (Å²) < 4.78 is 15.1. The van der Waals surface area contributed by atoms with Crippen LogP contribution in [0.2, 0.25) is 0 Å². The number of aliphatic carboxylic acids is 1. The van der Waals surface area contributed by atoms with Crippen LogP contribution in [0.1, 0.15) is 26.5 Å². The second-order valence-electron chi connectivity index (χ2n) is 4.91. The first kappa shape index (κ1) is 12.6. The highest BCUT2D eigenvalue weighted by Gasteiger charge is 2.33. The Hall–Kier alpha value is -1.84. The van der Waals surface area contributed by atoms with E-state index in [-0.39, 0.29) is 5.82 Å². The summed E-state index contributed by atoms with van der Waals surface area (Å²) in [5.74, 6) is -1.20. The van der Waals surface area contributed by atoms with E-state index in [2.05, 4.69) is 0 Å². The Labute approximate surface area is 105 Å². The molecule has 0 aliphatic carbocycles. The van der Waals surface area contributed by atoms with E-state index in [1.807, 2.05) is 11.5 Å². The van der Waals surface area contributed by atoms with Gasteiger partial charge in [0.1, 0.15) is 11.2 Å². The Morgan fingerprint density at radius 3 is 2.61 bits per heavy atom. The maximum atomic E-state index is 13.2. The highest BCUT2D eigenvalue weighted by Crippen LogP contribution is 2.30. The summed E-state index contributed by atoms with van der Waals surface area (Å²) in [7, 11) is 0. The standard InChI is InChI=1S/C14H16FNO2/c1-4-16-11-6-5-10(15)7-9(11)8-12(16)14(2,3)13(17)18/h5-8H,4H2,1-3H3,(H,17,18). The normalized spacial score (nSPS) is 12.0. The van der Waals surface area contributed by atoms with Crippen molar-refractivity contribution >= 4 is 16.9 Å². The van der Waals surface area contributed by atoms with Crippen LogP contribution in [0.3, 0.4) is 0 Å². The van der Waals surface area contributed by atoms with Gasteiger partial charge in [0.2, 0.25) is 0 Å². The van der Waals surface area contributed by atoms with Crippen LogP contribution >= 0.6 is 0 Å². The zero-order valence-corrected chi connectivity index (χ0v) is 10.7. The maximum Gasteiger partial charge on any atom is 0.315 e. The molecule has 0 saturated heterocycles. The average Bonchev–Trinajstić information content (AvgIpc) is 2.66. The van der Waals surface area contributed by atoms with E-state index in [4.69, 9.17) is 0 Å². The number of benzene rings is 1. The third kappa shape index (κ3) is 1.78. The second kappa shape index (κ2) is 4.12. The molecule has 18 heavy (non-hydrogen) atoms. The molecule has 1 heterocycles. The fraction of sp³-hybridized carbons (Fsp3) is 0.357. The number of nitrogens with zero attached hydrogens (tertiary/aromatic N) is 1. The Morgan fingerprint density at radius 1 is 1.39 bits per heavy atom. The Bertz CT molecular complexity index is 614. The summed E-state index contributed by atoms with van der Waals surface area (Å²) in [6, 6.07) is 6.28. The lowest BCUT2D eigenvalue weighted by atomic mass is 9.89. The fourth-order valence-corrected chi connectivity index (χ4v) is 2.21. The van der Waals surface area contributed by atoms with Crippen LogP contribution in [0.5, 0.6) is 0 Å². The van der Waals surface area contributed by atoms with Gasteiger partial charge in [0.25, 0.3) is 0 Å². The SMILES string of the molecule is CCn1c(C(C)(C)C(=O)O)cc2cc(F)ccc21. The first-order valence-corrected chi connectivity index (χ1v) is 5.90. The van der Waals surface area contributed by atoms with Crippen LogP contribution in [0.4, 0.5) is 4.39 Å². The van der Waals surface area contributed by atoms with Crippen molar-refractivity contribution in [3.8, 4) is 0 Å². The van der Waals surface area contributed by atoms with Gasteiger partial charge in [0.05, 0.1) is 0 Å². The number of carboxylic acid groups (broad SMARTS) is 1. The third-order valence-corrected chi connectivity index (χ3v) is 3.35. The Kier molecular flexibility index (Phi) is 2.89. The lowest BCUT2D eigenvalue weighted by Gasteiger charge is -2.21. The molecule has 0 unspecified atom stereocenters. The van der Waals surface area contributed by atoms with Gasteiger partial charge in [-0.1, -0.05) is 0 Å². The molecule has 3 nitrogen and oxygen atoms in total. The summed E-state index contributed by atoms with van der Waals surface area (Å²) in [4.78, 5) is 11.3. The highest BCUT2D eigenvalue weighted by atomic mass is 19.1. The van der Waals surface area contributed by atoms with E-state index < -0.39 is 11.4 Å². The lowest BCUT2D eigenvalue weighted by Crippen LogP contribution is -2.31. The number of halogens is 1. The van der Waals surface area contributed by atoms with Crippen molar-refractivity contribution < 1.29 is 14.3 Å². The van der Waals surface area contributed by atoms with Crippen LogP contribution in [-0.2, 0) is 16.8 Å². The van der Waals surface area contributed by atoms with Crippen LogP contribution in [0, 0.1) is 5.82 Å². The van der Waals surface area contributed by atoms with E-state index in [9.17, 15) is 14.3 Å². The van der Waals surface area contributed by atoms with Crippen molar-refractivity contribution in [2.45, 2.75) is 32.7 Å². The molecule has 2 rings (SSSR count). The van der Waals surface area contributed by atoms with Crippen molar-refractivity contribution in [2.75, 3.05) is 0 Å². The van der Waals surface area contributed by atoms with Gasteiger partial charge in [-0.05, 0) is 45.0 Å². The monoisotopic (exact) mass is 249 g/mol. The highest BCUT2D eigenvalue weighted by molar-refractivity contribution is 5.86. The van der Waals surface area contributed by atoms with Crippen molar-refractivity contribution in [2.24, 2.45) is 0 Å². The Balaban J connectivity index is 2.75. The summed E-state index contributed by atoms with van der Waals surface area (Å²) >= 11 is 0. The quantitative estimate of drug-likeness (QED) is 0.907. The van der Waals surface area contributed by atoms with Crippen LogP contribution in [0.25, 0.3) is 10.9 Å². The number of aryl methyl sites for hydroxylation is 1. The van der Waals surface area contributed by atoms with Gasteiger partial charge in [-0.2, -0.15) is 0 Å². The van der Waals surface area contributed by atoms with Gasteiger partial charge >= 0.3 is 5.97 Å². The predicted molar refractivity (Wildman–Crippen MR) is 68.2 cm³/mol. The lowest BCUT2D eigenvalue weighted by molar-refractivity contribution is -0.142. The molecule has 0 bridgehead atoms. The largest absolute Gasteiger partial charge is 0.481 e. The fourth-order valence-electron chi connectivity index (χ4n) is 2.21. The molecule has 96 valence electrons. The van der Waals surface area contributed by atoms with Gasteiger partial charge in [0, 0.05) is 23.1 Å². The predicted octanol–water partition coefficient (Wildman–Crippen LogP) is 3.16. The van der Waals surface area contributed by atoms with E-state index in [1.54, 1.807) is 26.0 Å². The number of hydrogen-bond donors (Lipinski definition) is 1. The van der Waals surface area contributed by atoms with Crippen LogP contribution in [-0.4, -0.2) is 15.6 Å². The van der Waals surface area contributed by atoms with Crippen molar-refractivity contribution in [1.82, 2.24) is 4.57 Å². The molecular formula is C14H16FNO2. The molecule has 0 spiro atoms. The number of aromatic nitrogens is 1. The van der Waals surface area contributed by atoms with Gasteiger partial charge in [0.15, 0.2) is 0 Å². The Morgan fingerprint density at radius 2 is 2.06 bits per heavy atom. The molecule has 0 amide bonds. The third-order valence-electron chi connectivity index (χ3n) is 3.35. The molecule has 0 atom stereocenters. The van der Waals surface area contributed by atoms with Crippen molar-refractivity contribution in [1.29, 1.82) is 0 Å². The summed E-state index contributed by atoms with van der Waals surface area (Å²) in [6.45, 7) is 5.92. The number of fused-ring (bicyclic) bond motifs is 1. The topological polar surface area (TPSA) is 42.2 Å². The zero-order chi connectivity index (χ0) is 13.5. The molecule has 0 aliphatic rings. The van der Waals surface area contributed by atoms with Crippen molar-refractivity contribution in [3.05, 3.63) is 35.8 Å². The molecule has 0 aliphatic heterocycles. The smallest absolute Gasteiger partial charge is 0.315 e. The number of hydrogen-bond acceptors (Lipinski definition) is 1.